The van der Waals surface area contributed by atoms with Crippen LogP contribution in [0.25, 0.3) is 22.3 Å². The Morgan fingerprint density at radius 1 is 1.02 bits per heavy atom. The van der Waals surface area contributed by atoms with E-state index in [9.17, 15) is 9.59 Å². The Hall–Kier alpha value is -4.54. The first-order chi connectivity index (χ1) is 19.5. The number of esters is 1. The van der Waals surface area contributed by atoms with Crippen LogP contribution >= 0.6 is 22.7 Å². The highest BCUT2D eigenvalue weighted by Crippen LogP contribution is 2.32. The van der Waals surface area contributed by atoms with Crippen molar-refractivity contribution in [2.75, 3.05) is 14.2 Å². The van der Waals surface area contributed by atoms with Crippen molar-refractivity contribution < 1.29 is 14.3 Å². The van der Waals surface area contributed by atoms with Crippen LogP contribution in [0.2, 0.25) is 0 Å². The van der Waals surface area contributed by atoms with Gasteiger partial charge >= 0.3 is 5.97 Å². The minimum Gasteiger partial charge on any atom is -0.497 e. The number of hydrogen-bond acceptors (Lipinski definition) is 8. The van der Waals surface area contributed by atoms with Crippen LogP contribution in [0.4, 0.5) is 0 Å². The van der Waals surface area contributed by atoms with Gasteiger partial charge in [-0.05, 0) is 54.3 Å². The van der Waals surface area contributed by atoms with E-state index in [1.165, 1.54) is 18.4 Å². The number of benzene rings is 2. The van der Waals surface area contributed by atoms with Gasteiger partial charge in [-0.15, -0.1) is 11.3 Å². The number of methoxy groups -OCH3 is 2. The minimum atomic E-state index is -0.694. The number of carbonyl (C=O) groups excluding carboxylic acids is 1. The van der Waals surface area contributed by atoms with Crippen molar-refractivity contribution in [2.24, 2.45) is 4.99 Å². The summed E-state index contributed by atoms with van der Waals surface area (Å²) in [6.07, 6.45) is 3.78. The Bertz CT molecular complexity index is 1920. The van der Waals surface area contributed by atoms with E-state index >= 15 is 0 Å². The summed E-state index contributed by atoms with van der Waals surface area (Å²) in [5.74, 6) is 0.147. The fraction of sp³-hybridized carbons (Fsp3) is 0.133. The Labute approximate surface area is 237 Å². The van der Waals surface area contributed by atoms with Gasteiger partial charge in [-0.1, -0.05) is 47.7 Å². The summed E-state index contributed by atoms with van der Waals surface area (Å²) in [4.78, 5) is 33.1. The number of thiophene rings is 1. The topological polar surface area (TPSA) is 87.7 Å². The summed E-state index contributed by atoms with van der Waals surface area (Å²) in [6.45, 7) is 1.76. The zero-order valence-corrected chi connectivity index (χ0v) is 23.5. The third-order valence-electron chi connectivity index (χ3n) is 6.66. The maximum Gasteiger partial charge on any atom is 0.338 e. The molecule has 8 nitrogen and oxygen atoms in total. The van der Waals surface area contributed by atoms with Gasteiger partial charge in [0.1, 0.15) is 11.4 Å². The largest absolute Gasteiger partial charge is 0.497 e. The number of allylic oxidation sites excluding steroid dienone is 1. The van der Waals surface area contributed by atoms with Crippen molar-refractivity contribution in [3.8, 4) is 22.0 Å². The molecule has 0 saturated carbocycles. The van der Waals surface area contributed by atoms with Gasteiger partial charge in [0.2, 0.25) is 0 Å². The standard InChI is InChI=1S/C30H24N4O4S2/c1-18-25(29(36)38-3)27(19-11-13-22(37-2)14-12-19)34-28(35)24(40-30(34)31-18)16-20-17-33(21-8-5-4-6-9-21)32-26(20)23-10-7-15-39-23/h4-17,27H,1-3H3/b24-16+/t27-/m0/s1. The predicted octanol–water partition coefficient (Wildman–Crippen LogP) is 4.33. The van der Waals surface area contributed by atoms with Gasteiger partial charge in [0.25, 0.3) is 5.56 Å². The average Bonchev–Trinajstić information content (AvgIpc) is 3.73. The molecule has 1 aliphatic rings. The van der Waals surface area contributed by atoms with Crippen molar-refractivity contribution >= 4 is 34.7 Å². The third-order valence-corrected chi connectivity index (χ3v) is 8.52. The van der Waals surface area contributed by atoms with Crippen molar-refractivity contribution in [3.05, 3.63) is 120 Å². The molecule has 1 aliphatic heterocycles. The van der Waals surface area contributed by atoms with Crippen LogP contribution < -0.4 is 19.6 Å². The number of carbonyl (C=O) groups is 1. The number of rotatable bonds is 6. The van der Waals surface area contributed by atoms with Crippen LogP contribution in [0.15, 0.2) is 99.4 Å². The molecule has 0 aliphatic carbocycles. The van der Waals surface area contributed by atoms with E-state index in [0.29, 0.717) is 26.4 Å². The van der Waals surface area contributed by atoms with Crippen LogP contribution in [-0.2, 0) is 9.53 Å². The summed E-state index contributed by atoms with van der Waals surface area (Å²) >= 11 is 2.87. The quantitative estimate of drug-likeness (QED) is 0.285. The van der Waals surface area contributed by atoms with Gasteiger partial charge in [0.15, 0.2) is 4.80 Å². The molecule has 6 rings (SSSR count). The molecule has 1 atom stereocenters. The molecular weight excluding hydrogens is 544 g/mol. The molecule has 0 amide bonds. The van der Waals surface area contributed by atoms with Crippen molar-refractivity contribution in [2.45, 2.75) is 13.0 Å². The number of aromatic nitrogens is 3. The van der Waals surface area contributed by atoms with Crippen LogP contribution in [0, 0.1) is 0 Å². The lowest BCUT2D eigenvalue weighted by Crippen LogP contribution is -2.39. The lowest BCUT2D eigenvalue weighted by atomic mass is 9.96. The number of hydrogen-bond donors (Lipinski definition) is 0. The monoisotopic (exact) mass is 568 g/mol. The fourth-order valence-corrected chi connectivity index (χ4v) is 6.51. The van der Waals surface area contributed by atoms with Gasteiger partial charge in [0.05, 0.1) is 46.6 Å². The van der Waals surface area contributed by atoms with Crippen LogP contribution in [0.1, 0.15) is 24.1 Å². The van der Waals surface area contributed by atoms with E-state index in [0.717, 1.165) is 27.4 Å². The molecular formula is C30H24N4O4S2. The van der Waals surface area contributed by atoms with Crippen LogP contribution in [-0.4, -0.2) is 34.5 Å². The lowest BCUT2D eigenvalue weighted by molar-refractivity contribution is -0.136. The molecule has 10 heteroatoms. The summed E-state index contributed by atoms with van der Waals surface area (Å²) in [5.41, 5.74) is 3.84. The van der Waals surface area contributed by atoms with E-state index in [4.69, 9.17) is 14.6 Å². The second-order valence-electron chi connectivity index (χ2n) is 9.04. The molecule has 4 heterocycles. The van der Waals surface area contributed by atoms with Crippen LogP contribution in [0.5, 0.6) is 5.75 Å². The van der Waals surface area contributed by atoms with Gasteiger partial charge in [-0.25, -0.2) is 14.5 Å². The fourth-order valence-electron chi connectivity index (χ4n) is 4.75. The van der Waals surface area contributed by atoms with Gasteiger partial charge < -0.3 is 9.47 Å². The number of fused-ring (bicyclic) bond motifs is 1. The van der Waals surface area contributed by atoms with E-state index in [-0.39, 0.29) is 5.56 Å². The van der Waals surface area contributed by atoms with E-state index in [2.05, 4.69) is 4.99 Å². The van der Waals surface area contributed by atoms with Gasteiger partial charge in [0, 0.05) is 11.8 Å². The van der Waals surface area contributed by atoms with Crippen molar-refractivity contribution in [1.29, 1.82) is 0 Å². The first kappa shape index (κ1) is 25.7. The maximum absolute atomic E-state index is 14.0. The highest BCUT2D eigenvalue weighted by molar-refractivity contribution is 7.13. The first-order valence-corrected chi connectivity index (χ1v) is 14.1. The molecule has 0 fully saturated rings. The zero-order valence-electron chi connectivity index (χ0n) is 21.9. The SMILES string of the molecule is COC(=O)C1=C(C)N=c2s/c(=C/c3cn(-c4ccccc4)nc3-c3cccs3)c(=O)n2[C@H]1c1ccc(OC)cc1. The summed E-state index contributed by atoms with van der Waals surface area (Å²) in [7, 11) is 2.92. The molecule has 2 aromatic carbocycles. The highest BCUT2D eigenvalue weighted by Gasteiger charge is 2.33. The van der Waals surface area contributed by atoms with Gasteiger partial charge in [-0.3, -0.25) is 9.36 Å². The molecule has 0 radical (unpaired) electrons. The molecule has 3 aromatic heterocycles. The third kappa shape index (κ3) is 4.51. The molecule has 5 aromatic rings. The summed E-state index contributed by atoms with van der Waals surface area (Å²) < 4.78 is 14.3. The van der Waals surface area contributed by atoms with E-state index < -0.39 is 12.0 Å². The van der Waals surface area contributed by atoms with Crippen molar-refractivity contribution in [1.82, 2.24) is 14.3 Å². The predicted molar refractivity (Wildman–Crippen MR) is 156 cm³/mol. The number of ether oxygens (including phenoxy) is 2. The second-order valence-corrected chi connectivity index (χ2v) is 11.0. The van der Waals surface area contributed by atoms with Gasteiger partial charge in [-0.2, -0.15) is 5.10 Å². The Morgan fingerprint density at radius 3 is 2.48 bits per heavy atom. The van der Waals surface area contributed by atoms with E-state index in [1.807, 2.05) is 76.9 Å². The molecule has 200 valence electrons. The smallest absolute Gasteiger partial charge is 0.338 e. The molecule has 0 spiro atoms. The Balaban J connectivity index is 1.55. The second kappa shape index (κ2) is 10.6. The first-order valence-electron chi connectivity index (χ1n) is 12.4. The number of thiazole rings is 1. The average molecular weight is 569 g/mol. The van der Waals surface area contributed by atoms with Crippen LogP contribution in [0.3, 0.4) is 0 Å². The summed E-state index contributed by atoms with van der Waals surface area (Å²) in [6, 6.07) is 20.4. The minimum absolute atomic E-state index is 0.247. The zero-order chi connectivity index (χ0) is 27.8. The van der Waals surface area contributed by atoms with E-state index in [1.54, 1.807) is 42.1 Å². The maximum atomic E-state index is 14.0. The molecule has 0 N–H and O–H groups in total. The molecule has 0 bridgehead atoms. The number of para-hydroxylation sites is 1. The normalized spacial score (nSPS) is 15.1. The molecule has 0 saturated heterocycles. The number of nitrogens with zero attached hydrogens (tertiary/aromatic N) is 4. The highest BCUT2D eigenvalue weighted by atomic mass is 32.1. The summed E-state index contributed by atoms with van der Waals surface area (Å²) in [5, 5.41) is 6.86. The molecule has 0 unspecified atom stereocenters. The lowest BCUT2D eigenvalue weighted by Gasteiger charge is -2.24. The molecule has 40 heavy (non-hydrogen) atoms. The van der Waals surface area contributed by atoms with Crippen molar-refractivity contribution in [3.63, 3.8) is 0 Å². The Morgan fingerprint density at radius 2 is 1.80 bits per heavy atom. The Kier molecular flexibility index (Phi) is 6.79.